The molecule has 0 heterocycles. The van der Waals surface area contributed by atoms with Crippen LogP contribution in [-0.4, -0.2) is 17.2 Å². The molecule has 2 aromatic carbocycles. The minimum Gasteiger partial charge on any atom is -0.481 e. The molecule has 0 saturated heterocycles. The van der Waals surface area contributed by atoms with Crippen LogP contribution in [0.3, 0.4) is 0 Å². The summed E-state index contributed by atoms with van der Waals surface area (Å²) in [5, 5.41) is 11.4. The Morgan fingerprint density at radius 3 is 2.39 bits per heavy atom. The summed E-state index contributed by atoms with van der Waals surface area (Å²) >= 11 is 0. The van der Waals surface area contributed by atoms with Crippen LogP contribution in [0.4, 0.5) is 4.79 Å². The lowest BCUT2D eigenvalue weighted by atomic mass is 10.1. The number of carboxylic acids is 1. The maximum absolute atomic E-state index is 11.7. The molecule has 0 spiro atoms. The fraction of sp³-hybridized carbons (Fsp3) is 0.222. The van der Waals surface area contributed by atoms with E-state index in [4.69, 9.17) is 9.84 Å². The molecule has 2 rings (SSSR count). The van der Waals surface area contributed by atoms with Gasteiger partial charge in [0.15, 0.2) is 0 Å². The Bertz CT molecular complexity index is 655. The lowest BCUT2D eigenvalue weighted by molar-refractivity contribution is -0.136. The molecular formula is C18H19NO4. The minimum atomic E-state index is -0.821. The highest BCUT2D eigenvalue weighted by Crippen LogP contribution is 2.08. The standard InChI is InChI=1S/C18H19NO4/c20-17(21)10-9-14-7-4-8-16(11-14)12-19-18(22)23-13-15-5-2-1-3-6-15/h1-8,11H,9-10,12-13H2,(H,19,22)(H,20,21). The van der Waals surface area contributed by atoms with Crippen molar-refractivity contribution in [2.24, 2.45) is 0 Å². The summed E-state index contributed by atoms with van der Waals surface area (Å²) in [5.74, 6) is -0.821. The third-order valence-electron chi connectivity index (χ3n) is 3.27. The number of aryl methyl sites for hydroxylation is 1. The van der Waals surface area contributed by atoms with Crippen LogP contribution in [0.15, 0.2) is 54.6 Å². The molecule has 2 N–H and O–H groups in total. The predicted molar refractivity (Wildman–Crippen MR) is 85.9 cm³/mol. The Balaban J connectivity index is 1.77. The van der Waals surface area contributed by atoms with E-state index in [-0.39, 0.29) is 13.0 Å². The second kappa shape index (κ2) is 8.58. The number of ether oxygens (including phenoxy) is 1. The number of hydrogen-bond acceptors (Lipinski definition) is 3. The zero-order valence-electron chi connectivity index (χ0n) is 12.7. The van der Waals surface area contributed by atoms with E-state index in [2.05, 4.69) is 5.32 Å². The molecule has 0 aliphatic carbocycles. The number of alkyl carbamates (subject to hydrolysis) is 1. The van der Waals surface area contributed by atoms with Crippen molar-refractivity contribution in [3.8, 4) is 0 Å². The molecular weight excluding hydrogens is 294 g/mol. The van der Waals surface area contributed by atoms with Crippen LogP contribution in [0.5, 0.6) is 0 Å². The largest absolute Gasteiger partial charge is 0.481 e. The quantitative estimate of drug-likeness (QED) is 0.823. The molecule has 0 aromatic heterocycles. The van der Waals surface area contributed by atoms with Crippen molar-refractivity contribution in [2.45, 2.75) is 26.0 Å². The number of carbonyl (C=O) groups excluding carboxylic acids is 1. The van der Waals surface area contributed by atoms with Crippen molar-refractivity contribution >= 4 is 12.1 Å². The first-order chi connectivity index (χ1) is 11.1. The van der Waals surface area contributed by atoms with Gasteiger partial charge < -0.3 is 15.2 Å². The SMILES string of the molecule is O=C(O)CCc1cccc(CNC(=O)OCc2ccccc2)c1. The van der Waals surface area contributed by atoms with E-state index in [1.807, 2.05) is 54.6 Å². The van der Waals surface area contributed by atoms with Gasteiger partial charge in [0, 0.05) is 13.0 Å². The van der Waals surface area contributed by atoms with Gasteiger partial charge in [0.25, 0.3) is 0 Å². The van der Waals surface area contributed by atoms with Crippen molar-refractivity contribution in [1.82, 2.24) is 5.32 Å². The van der Waals surface area contributed by atoms with Crippen molar-refractivity contribution in [2.75, 3.05) is 0 Å². The topological polar surface area (TPSA) is 75.6 Å². The van der Waals surface area contributed by atoms with E-state index >= 15 is 0 Å². The van der Waals surface area contributed by atoms with Crippen LogP contribution in [0.2, 0.25) is 0 Å². The third kappa shape index (κ3) is 6.22. The molecule has 23 heavy (non-hydrogen) atoms. The second-order valence-electron chi connectivity index (χ2n) is 5.13. The lowest BCUT2D eigenvalue weighted by Gasteiger charge is -2.08. The van der Waals surface area contributed by atoms with Gasteiger partial charge in [0.2, 0.25) is 0 Å². The summed E-state index contributed by atoms with van der Waals surface area (Å²) in [6.07, 6.45) is 0.0854. The molecule has 0 aliphatic heterocycles. The molecule has 0 bridgehead atoms. The Hall–Kier alpha value is -2.82. The summed E-state index contributed by atoms with van der Waals surface area (Å²) < 4.78 is 5.13. The number of carbonyl (C=O) groups is 2. The molecule has 120 valence electrons. The molecule has 0 saturated carbocycles. The van der Waals surface area contributed by atoms with Gasteiger partial charge in [-0.25, -0.2) is 4.79 Å². The number of carboxylic acid groups (broad SMARTS) is 1. The smallest absolute Gasteiger partial charge is 0.407 e. The second-order valence-corrected chi connectivity index (χ2v) is 5.13. The van der Waals surface area contributed by atoms with Gasteiger partial charge in [-0.05, 0) is 23.1 Å². The Labute approximate surface area is 134 Å². The fourth-order valence-corrected chi connectivity index (χ4v) is 2.09. The first-order valence-corrected chi connectivity index (χ1v) is 7.37. The Morgan fingerprint density at radius 2 is 1.65 bits per heavy atom. The molecule has 0 radical (unpaired) electrons. The van der Waals surface area contributed by atoms with Gasteiger partial charge >= 0.3 is 12.1 Å². The van der Waals surface area contributed by atoms with Crippen molar-refractivity contribution in [3.63, 3.8) is 0 Å². The van der Waals surface area contributed by atoms with Crippen molar-refractivity contribution < 1.29 is 19.4 Å². The van der Waals surface area contributed by atoms with E-state index in [1.165, 1.54) is 0 Å². The highest BCUT2D eigenvalue weighted by molar-refractivity contribution is 5.67. The number of rotatable bonds is 7. The van der Waals surface area contributed by atoms with Crippen molar-refractivity contribution in [3.05, 3.63) is 71.3 Å². The highest BCUT2D eigenvalue weighted by Gasteiger charge is 2.04. The van der Waals surface area contributed by atoms with E-state index in [0.29, 0.717) is 13.0 Å². The summed E-state index contributed by atoms with van der Waals surface area (Å²) in [7, 11) is 0. The summed E-state index contributed by atoms with van der Waals surface area (Å²) in [6, 6.07) is 16.9. The van der Waals surface area contributed by atoms with Crippen LogP contribution in [0.25, 0.3) is 0 Å². The zero-order valence-corrected chi connectivity index (χ0v) is 12.7. The molecule has 0 unspecified atom stereocenters. The molecule has 5 heteroatoms. The average Bonchev–Trinajstić information content (AvgIpc) is 2.57. The van der Waals surface area contributed by atoms with Crippen LogP contribution in [-0.2, 0) is 29.1 Å². The van der Waals surface area contributed by atoms with E-state index in [0.717, 1.165) is 16.7 Å². The monoisotopic (exact) mass is 313 g/mol. The normalized spacial score (nSPS) is 10.1. The van der Waals surface area contributed by atoms with Gasteiger partial charge in [-0.3, -0.25) is 4.79 Å². The molecule has 0 atom stereocenters. The van der Waals surface area contributed by atoms with E-state index in [9.17, 15) is 9.59 Å². The number of amides is 1. The minimum absolute atomic E-state index is 0.0933. The summed E-state index contributed by atoms with van der Waals surface area (Å²) in [5.41, 5.74) is 2.77. The maximum Gasteiger partial charge on any atom is 0.407 e. The van der Waals surface area contributed by atoms with Crippen LogP contribution < -0.4 is 5.32 Å². The molecule has 1 amide bonds. The summed E-state index contributed by atoms with van der Waals surface area (Å²) in [4.78, 5) is 22.3. The lowest BCUT2D eigenvalue weighted by Crippen LogP contribution is -2.23. The first-order valence-electron chi connectivity index (χ1n) is 7.37. The zero-order chi connectivity index (χ0) is 16.5. The molecule has 0 aliphatic rings. The summed E-state index contributed by atoms with van der Waals surface area (Å²) in [6.45, 7) is 0.569. The number of nitrogens with one attached hydrogen (secondary N) is 1. The van der Waals surface area contributed by atoms with E-state index < -0.39 is 12.1 Å². The molecule has 0 fully saturated rings. The van der Waals surface area contributed by atoms with Gasteiger partial charge in [-0.2, -0.15) is 0 Å². The van der Waals surface area contributed by atoms with Gasteiger partial charge in [0.05, 0.1) is 0 Å². The van der Waals surface area contributed by atoms with Gasteiger partial charge in [0.1, 0.15) is 6.61 Å². The molecule has 2 aromatic rings. The van der Waals surface area contributed by atoms with Gasteiger partial charge in [-0.15, -0.1) is 0 Å². The number of aliphatic carboxylic acids is 1. The number of hydrogen-bond donors (Lipinski definition) is 2. The fourth-order valence-electron chi connectivity index (χ4n) is 2.09. The molecule has 5 nitrogen and oxygen atoms in total. The average molecular weight is 313 g/mol. The highest BCUT2D eigenvalue weighted by atomic mass is 16.5. The van der Waals surface area contributed by atoms with Gasteiger partial charge in [-0.1, -0.05) is 54.6 Å². The van der Waals surface area contributed by atoms with E-state index in [1.54, 1.807) is 0 Å². The van der Waals surface area contributed by atoms with Crippen LogP contribution in [0, 0.1) is 0 Å². The Morgan fingerprint density at radius 1 is 0.957 bits per heavy atom. The number of benzene rings is 2. The Kier molecular flexibility index (Phi) is 6.17. The van der Waals surface area contributed by atoms with Crippen LogP contribution in [0.1, 0.15) is 23.1 Å². The third-order valence-corrected chi connectivity index (χ3v) is 3.27. The van der Waals surface area contributed by atoms with Crippen molar-refractivity contribution in [1.29, 1.82) is 0 Å². The maximum atomic E-state index is 11.7. The first kappa shape index (κ1) is 16.5. The predicted octanol–water partition coefficient (Wildman–Crippen LogP) is 3.13. The van der Waals surface area contributed by atoms with Crippen LogP contribution >= 0.6 is 0 Å².